The molecule has 0 radical (unpaired) electrons. The Hall–Kier alpha value is -3.40. The van der Waals surface area contributed by atoms with Crippen LogP contribution in [-0.2, 0) is 0 Å². The first-order valence-electron chi connectivity index (χ1n) is 8.45. The van der Waals surface area contributed by atoms with Crippen LogP contribution in [0.3, 0.4) is 0 Å². The zero-order chi connectivity index (χ0) is 17.9. The van der Waals surface area contributed by atoms with E-state index in [0.717, 1.165) is 28.4 Å². The third kappa shape index (κ3) is 2.75. The van der Waals surface area contributed by atoms with E-state index in [2.05, 4.69) is 40.1 Å². The highest BCUT2D eigenvalue weighted by Gasteiger charge is 2.18. The van der Waals surface area contributed by atoms with Gasteiger partial charge < -0.3 is 9.47 Å². The molecule has 0 unspecified atom stereocenters. The van der Waals surface area contributed by atoms with E-state index < -0.39 is 0 Å². The van der Waals surface area contributed by atoms with Crippen LogP contribution < -0.4 is 14.5 Å². The molecule has 130 valence electrons. The van der Waals surface area contributed by atoms with E-state index in [1.165, 1.54) is 5.39 Å². The number of anilines is 2. The molecule has 0 spiro atoms. The molecular formula is C22H20N2O2. The number of fused-ring (bicyclic) bond motifs is 1. The van der Waals surface area contributed by atoms with Crippen LogP contribution in [0.2, 0.25) is 0 Å². The van der Waals surface area contributed by atoms with Gasteiger partial charge in [0.15, 0.2) is 0 Å². The van der Waals surface area contributed by atoms with Crippen LogP contribution in [0.25, 0.3) is 10.9 Å². The van der Waals surface area contributed by atoms with Gasteiger partial charge in [-0.3, -0.25) is 4.68 Å². The number of ether oxygens (including phenoxy) is 2. The molecule has 1 aromatic heterocycles. The summed E-state index contributed by atoms with van der Waals surface area (Å²) in [5.41, 5.74) is 3.04. The van der Waals surface area contributed by atoms with Crippen molar-refractivity contribution in [3.8, 4) is 11.5 Å². The van der Waals surface area contributed by atoms with Crippen molar-refractivity contribution in [3.63, 3.8) is 0 Å². The lowest BCUT2D eigenvalue weighted by Gasteiger charge is -2.28. The maximum atomic E-state index is 5.63. The van der Waals surface area contributed by atoms with Gasteiger partial charge in [-0.1, -0.05) is 36.4 Å². The van der Waals surface area contributed by atoms with Crippen molar-refractivity contribution in [2.45, 2.75) is 0 Å². The smallest absolute Gasteiger partial charge is 0.144 e. The van der Waals surface area contributed by atoms with Crippen LogP contribution in [0.1, 0.15) is 0 Å². The van der Waals surface area contributed by atoms with E-state index in [-0.39, 0.29) is 0 Å². The highest BCUT2D eigenvalue weighted by Crippen LogP contribution is 2.36. The van der Waals surface area contributed by atoms with E-state index in [1.54, 1.807) is 14.2 Å². The molecule has 0 saturated carbocycles. The highest BCUT2D eigenvalue weighted by molar-refractivity contribution is 5.83. The number of benzene rings is 3. The van der Waals surface area contributed by atoms with Gasteiger partial charge in [0.05, 0.1) is 25.4 Å². The Bertz CT molecular complexity index is 1040. The first-order valence-corrected chi connectivity index (χ1v) is 8.45. The zero-order valence-corrected chi connectivity index (χ0v) is 14.8. The van der Waals surface area contributed by atoms with E-state index in [1.807, 2.05) is 54.6 Å². The lowest BCUT2D eigenvalue weighted by Crippen LogP contribution is -2.23. The largest absolute Gasteiger partial charge is 0.497 e. The van der Waals surface area contributed by atoms with Crippen LogP contribution in [0.15, 0.2) is 85.1 Å². The number of hydrogen-bond donors (Lipinski definition) is 0. The molecule has 4 nitrogen and oxygen atoms in total. The van der Waals surface area contributed by atoms with E-state index in [9.17, 15) is 0 Å². The number of rotatable bonds is 5. The summed E-state index contributed by atoms with van der Waals surface area (Å²) in [6.07, 6.45) is 2.07. The minimum absolute atomic E-state index is 0.799. The molecule has 0 amide bonds. The van der Waals surface area contributed by atoms with Crippen molar-refractivity contribution in [2.75, 3.05) is 19.2 Å². The highest BCUT2D eigenvalue weighted by atomic mass is 16.5. The topological polar surface area (TPSA) is 26.6 Å². The van der Waals surface area contributed by atoms with Gasteiger partial charge in [0, 0.05) is 17.6 Å². The van der Waals surface area contributed by atoms with Gasteiger partial charge in [-0.05, 0) is 36.4 Å². The summed E-state index contributed by atoms with van der Waals surface area (Å²) in [5.74, 6) is 1.60. The Morgan fingerprint density at radius 3 is 2.42 bits per heavy atom. The second-order valence-electron chi connectivity index (χ2n) is 5.90. The molecule has 0 N–H and O–H groups in total. The van der Waals surface area contributed by atoms with Gasteiger partial charge in [-0.2, -0.15) is 0 Å². The number of para-hydroxylation sites is 3. The van der Waals surface area contributed by atoms with E-state index in [4.69, 9.17) is 9.47 Å². The van der Waals surface area contributed by atoms with Gasteiger partial charge in [0.2, 0.25) is 0 Å². The third-order valence-corrected chi connectivity index (χ3v) is 4.41. The Kier molecular flexibility index (Phi) is 4.23. The molecule has 26 heavy (non-hydrogen) atoms. The molecule has 4 aromatic rings. The van der Waals surface area contributed by atoms with Crippen LogP contribution >= 0.6 is 0 Å². The fraction of sp³-hybridized carbons (Fsp3) is 0.0909. The Balaban J connectivity index is 1.98. The fourth-order valence-corrected chi connectivity index (χ4v) is 3.17. The number of methoxy groups -OCH3 is 2. The molecule has 0 aliphatic carbocycles. The molecule has 1 heterocycles. The minimum atomic E-state index is 0.799. The van der Waals surface area contributed by atoms with Gasteiger partial charge in [0.25, 0.3) is 0 Å². The molecule has 0 aliphatic rings. The fourth-order valence-electron chi connectivity index (χ4n) is 3.17. The van der Waals surface area contributed by atoms with Crippen LogP contribution in [0.5, 0.6) is 11.5 Å². The number of aromatic nitrogens is 1. The lowest BCUT2D eigenvalue weighted by atomic mass is 10.2. The van der Waals surface area contributed by atoms with E-state index in [0.29, 0.717) is 0 Å². The molecule has 0 saturated heterocycles. The van der Waals surface area contributed by atoms with Crippen molar-refractivity contribution in [2.24, 2.45) is 0 Å². The molecule has 0 bridgehead atoms. The average molecular weight is 344 g/mol. The predicted molar refractivity (Wildman–Crippen MR) is 105 cm³/mol. The lowest BCUT2D eigenvalue weighted by molar-refractivity contribution is 0.413. The first kappa shape index (κ1) is 16.1. The molecule has 3 aromatic carbocycles. The average Bonchev–Trinajstić information content (AvgIpc) is 3.13. The van der Waals surface area contributed by atoms with Gasteiger partial charge >= 0.3 is 0 Å². The number of nitrogens with zero attached hydrogens (tertiary/aromatic N) is 2. The second kappa shape index (κ2) is 6.84. The molecule has 4 rings (SSSR count). The Morgan fingerprint density at radius 1 is 0.769 bits per heavy atom. The van der Waals surface area contributed by atoms with Crippen molar-refractivity contribution >= 4 is 22.3 Å². The molecule has 0 fully saturated rings. The quantitative estimate of drug-likeness (QED) is 0.494. The SMILES string of the molecule is COc1cccc(N(c2ccccc2OC)n2ccc3ccccc32)c1. The third-order valence-electron chi connectivity index (χ3n) is 4.41. The summed E-state index contributed by atoms with van der Waals surface area (Å²) >= 11 is 0. The van der Waals surface area contributed by atoms with Crippen molar-refractivity contribution in [1.82, 2.24) is 4.68 Å². The Morgan fingerprint density at radius 2 is 1.58 bits per heavy atom. The molecule has 0 aliphatic heterocycles. The summed E-state index contributed by atoms with van der Waals surface area (Å²) < 4.78 is 13.2. The van der Waals surface area contributed by atoms with Gasteiger partial charge in [-0.25, -0.2) is 5.01 Å². The molecule has 4 heteroatoms. The van der Waals surface area contributed by atoms with Crippen molar-refractivity contribution in [1.29, 1.82) is 0 Å². The zero-order valence-electron chi connectivity index (χ0n) is 14.8. The maximum absolute atomic E-state index is 5.63. The summed E-state index contributed by atoms with van der Waals surface area (Å²) in [6.45, 7) is 0. The van der Waals surface area contributed by atoms with Crippen LogP contribution in [0, 0.1) is 0 Å². The van der Waals surface area contributed by atoms with Crippen molar-refractivity contribution < 1.29 is 9.47 Å². The van der Waals surface area contributed by atoms with Gasteiger partial charge in [0.1, 0.15) is 17.2 Å². The van der Waals surface area contributed by atoms with Gasteiger partial charge in [-0.15, -0.1) is 0 Å². The van der Waals surface area contributed by atoms with E-state index >= 15 is 0 Å². The normalized spacial score (nSPS) is 10.7. The molecule has 0 atom stereocenters. The standard InChI is InChI=1S/C22H20N2O2/c1-25-19-10-7-9-18(16-19)24(21-12-5-6-13-22(21)26-2)23-15-14-17-8-3-4-11-20(17)23/h3-16H,1-2H3. The summed E-state index contributed by atoms with van der Waals surface area (Å²) in [5, 5.41) is 3.30. The summed E-state index contributed by atoms with van der Waals surface area (Å²) in [4.78, 5) is 0. The minimum Gasteiger partial charge on any atom is -0.497 e. The Labute approximate surface area is 152 Å². The predicted octanol–water partition coefficient (Wildman–Crippen LogP) is 5.26. The summed E-state index contributed by atoms with van der Waals surface area (Å²) in [6, 6.07) is 26.4. The van der Waals surface area contributed by atoms with Crippen molar-refractivity contribution in [3.05, 3.63) is 85.1 Å². The van der Waals surface area contributed by atoms with Crippen LogP contribution in [-0.4, -0.2) is 18.9 Å². The summed E-state index contributed by atoms with van der Waals surface area (Å²) in [7, 11) is 3.37. The maximum Gasteiger partial charge on any atom is 0.144 e. The number of hydrogen-bond acceptors (Lipinski definition) is 3. The molecular weight excluding hydrogens is 324 g/mol. The second-order valence-corrected chi connectivity index (χ2v) is 5.90. The van der Waals surface area contributed by atoms with Crippen LogP contribution in [0.4, 0.5) is 11.4 Å². The first-order chi connectivity index (χ1) is 12.8. The monoisotopic (exact) mass is 344 g/mol.